The van der Waals surface area contributed by atoms with Crippen LogP contribution in [0.4, 0.5) is 11.4 Å². The number of benzene rings is 1. The molecule has 0 saturated carbocycles. The number of nitrogens with one attached hydrogen (secondary N) is 1. The smallest absolute Gasteiger partial charge is 0.310 e. The number of amides is 1. The Bertz CT molecular complexity index is 1050. The summed E-state index contributed by atoms with van der Waals surface area (Å²) in [6.45, 7) is 1.08. The largest absolute Gasteiger partial charge is 0.446 e. The molecule has 1 amide bonds. The van der Waals surface area contributed by atoms with E-state index in [2.05, 4.69) is 5.32 Å². The highest BCUT2D eigenvalue weighted by Gasteiger charge is 2.32. The minimum Gasteiger partial charge on any atom is -0.446 e. The zero-order chi connectivity index (χ0) is 19.3. The summed E-state index contributed by atoms with van der Waals surface area (Å²) in [4.78, 5) is 39.6. The van der Waals surface area contributed by atoms with Gasteiger partial charge in [-0.2, -0.15) is 0 Å². The molecular weight excluding hydrogens is 352 g/mol. The second kappa shape index (κ2) is 6.27. The molecule has 0 aliphatic carbocycles. The zero-order valence-corrected chi connectivity index (χ0v) is 15.1. The van der Waals surface area contributed by atoms with Gasteiger partial charge in [-0.15, -0.1) is 0 Å². The molecule has 9 heteroatoms. The van der Waals surface area contributed by atoms with Crippen LogP contribution in [-0.2, 0) is 14.1 Å². The number of aromatic nitrogens is 2. The molecule has 2 aliphatic heterocycles. The Labute approximate surface area is 154 Å². The van der Waals surface area contributed by atoms with Crippen molar-refractivity contribution in [3.05, 3.63) is 44.5 Å². The van der Waals surface area contributed by atoms with Crippen LogP contribution in [0.2, 0.25) is 0 Å². The van der Waals surface area contributed by atoms with Gasteiger partial charge in [0.1, 0.15) is 0 Å². The lowest BCUT2D eigenvalue weighted by molar-refractivity contribution is 0.0779. The van der Waals surface area contributed by atoms with Crippen LogP contribution < -0.4 is 21.2 Å². The third-order valence-electron chi connectivity index (χ3n) is 5.21. The number of ether oxygens (including phenoxy) is 1. The molecule has 2 N–H and O–H groups in total. The van der Waals surface area contributed by atoms with E-state index >= 15 is 0 Å². The summed E-state index contributed by atoms with van der Waals surface area (Å²) in [5.74, 6) is -0.0481. The Kier molecular flexibility index (Phi) is 4.03. The highest BCUT2D eigenvalue weighted by atomic mass is 16.5. The molecule has 0 radical (unpaired) electrons. The van der Waals surface area contributed by atoms with Gasteiger partial charge >= 0.3 is 5.56 Å². The highest BCUT2D eigenvalue weighted by Crippen LogP contribution is 2.41. The number of nitrogens with zero attached hydrogens (tertiary/aromatic N) is 3. The fourth-order valence-corrected chi connectivity index (χ4v) is 3.48. The van der Waals surface area contributed by atoms with Gasteiger partial charge in [-0.3, -0.25) is 14.4 Å². The molecule has 27 heavy (non-hydrogen) atoms. The van der Waals surface area contributed by atoms with E-state index in [1.165, 1.54) is 18.8 Å². The number of aliphatic hydroxyl groups is 1. The molecule has 1 aromatic heterocycles. The summed E-state index contributed by atoms with van der Waals surface area (Å²) >= 11 is 0. The summed E-state index contributed by atoms with van der Waals surface area (Å²) < 4.78 is 8.13. The lowest BCUT2D eigenvalue weighted by atomic mass is 10.1. The first-order chi connectivity index (χ1) is 12.9. The lowest BCUT2D eigenvalue weighted by Gasteiger charge is -2.25. The Morgan fingerprint density at radius 1 is 1.22 bits per heavy atom. The minimum atomic E-state index is -0.478. The van der Waals surface area contributed by atoms with E-state index < -0.39 is 11.1 Å². The molecule has 1 saturated heterocycles. The third kappa shape index (κ3) is 2.62. The molecule has 142 valence electrons. The van der Waals surface area contributed by atoms with Gasteiger partial charge in [0.05, 0.1) is 11.3 Å². The molecule has 2 aliphatic rings. The number of anilines is 2. The maximum atomic E-state index is 13.0. The quantitative estimate of drug-likeness (QED) is 0.674. The molecule has 0 unspecified atom stereocenters. The van der Waals surface area contributed by atoms with Crippen LogP contribution in [0, 0.1) is 5.92 Å². The van der Waals surface area contributed by atoms with E-state index in [1.807, 2.05) is 0 Å². The van der Waals surface area contributed by atoms with Crippen molar-refractivity contribution in [2.24, 2.45) is 20.0 Å². The number of hydrogen-bond acceptors (Lipinski definition) is 6. The number of para-hydroxylation sites is 1. The van der Waals surface area contributed by atoms with Crippen molar-refractivity contribution in [3.63, 3.8) is 0 Å². The number of aliphatic hydroxyl groups excluding tert-OH is 1. The van der Waals surface area contributed by atoms with Gasteiger partial charge in [-0.05, 0) is 18.6 Å². The summed E-state index contributed by atoms with van der Waals surface area (Å²) in [6, 6.07) is 5.01. The van der Waals surface area contributed by atoms with Crippen molar-refractivity contribution in [3.8, 4) is 11.5 Å². The second-order valence-electron chi connectivity index (χ2n) is 6.86. The first kappa shape index (κ1) is 17.3. The van der Waals surface area contributed by atoms with Crippen molar-refractivity contribution in [1.82, 2.24) is 14.3 Å². The number of carbonyl (C=O) groups is 1. The molecule has 3 heterocycles. The van der Waals surface area contributed by atoms with Gasteiger partial charge in [-0.25, -0.2) is 9.36 Å². The van der Waals surface area contributed by atoms with Crippen molar-refractivity contribution in [2.75, 3.05) is 25.0 Å². The number of hydrogen-bond donors (Lipinski definition) is 2. The predicted molar refractivity (Wildman–Crippen MR) is 97.8 cm³/mol. The van der Waals surface area contributed by atoms with Crippen LogP contribution in [0.3, 0.4) is 0 Å². The van der Waals surface area contributed by atoms with Crippen LogP contribution in [-0.4, -0.2) is 45.0 Å². The van der Waals surface area contributed by atoms with Gasteiger partial charge < -0.3 is 20.1 Å². The van der Waals surface area contributed by atoms with E-state index in [0.29, 0.717) is 24.3 Å². The summed E-state index contributed by atoms with van der Waals surface area (Å²) in [5.41, 5.74) is -0.0587. The van der Waals surface area contributed by atoms with Crippen molar-refractivity contribution in [1.29, 1.82) is 0 Å². The Morgan fingerprint density at radius 2 is 1.96 bits per heavy atom. The lowest BCUT2D eigenvalue weighted by Crippen LogP contribution is -2.38. The maximum Gasteiger partial charge on any atom is 0.310 e. The van der Waals surface area contributed by atoms with Crippen LogP contribution in [0.5, 0.6) is 11.5 Å². The SMILES string of the molecule is Cn1c(=O)c2c(c(=O)n1C)Oc1c(cccc1C(=O)N1CC[C@H](CO)C1)N2. The van der Waals surface area contributed by atoms with Gasteiger partial charge in [-0.1, -0.05) is 6.07 Å². The number of carbonyl (C=O) groups excluding carboxylic acids is 1. The van der Waals surface area contributed by atoms with Gasteiger partial charge in [0.2, 0.25) is 5.75 Å². The highest BCUT2D eigenvalue weighted by molar-refractivity contribution is 6.00. The Morgan fingerprint density at radius 3 is 2.67 bits per heavy atom. The average molecular weight is 372 g/mol. The van der Waals surface area contributed by atoms with Crippen molar-refractivity contribution >= 4 is 17.3 Å². The van der Waals surface area contributed by atoms with E-state index in [1.54, 1.807) is 23.1 Å². The number of rotatable bonds is 2. The van der Waals surface area contributed by atoms with E-state index in [4.69, 9.17) is 4.74 Å². The predicted octanol–water partition coefficient (Wildman–Crippen LogP) is 0.388. The fraction of sp³-hybridized carbons (Fsp3) is 0.389. The fourth-order valence-electron chi connectivity index (χ4n) is 3.48. The van der Waals surface area contributed by atoms with Crippen LogP contribution in [0.1, 0.15) is 16.8 Å². The zero-order valence-electron chi connectivity index (χ0n) is 15.1. The summed E-state index contributed by atoms with van der Waals surface area (Å²) in [7, 11) is 2.96. The van der Waals surface area contributed by atoms with E-state index in [9.17, 15) is 19.5 Å². The molecule has 1 atom stereocenters. The molecular formula is C18H20N4O5. The van der Waals surface area contributed by atoms with E-state index in [-0.39, 0.29) is 35.6 Å². The standard InChI is InChI=1S/C18H20N4O5/c1-20-17(25)13-15(18(26)21(20)2)27-14-11(4-3-5-12(14)19-13)16(24)22-7-6-10(8-22)9-23/h3-5,10,19,23H,6-9H2,1-2H3/t10-/m0/s1. The molecule has 1 aromatic carbocycles. The van der Waals surface area contributed by atoms with Crippen LogP contribution in [0.25, 0.3) is 0 Å². The summed E-state index contributed by atoms with van der Waals surface area (Å²) in [5, 5.41) is 12.2. The number of fused-ring (bicyclic) bond motifs is 2. The monoisotopic (exact) mass is 372 g/mol. The molecule has 1 fully saturated rings. The summed E-state index contributed by atoms with van der Waals surface area (Å²) in [6.07, 6.45) is 0.746. The van der Waals surface area contributed by atoms with Gasteiger partial charge in [0.25, 0.3) is 11.5 Å². The Balaban J connectivity index is 1.76. The maximum absolute atomic E-state index is 13.0. The molecule has 9 nitrogen and oxygen atoms in total. The molecule has 0 bridgehead atoms. The molecule has 2 aromatic rings. The van der Waals surface area contributed by atoms with Gasteiger partial charge in [0.15, 0.2) is 11.4 Å². The van der Waals surface area contributed by atoms with Crippen molar-refractivity contribution in [2.45, 2.75) is 6.42 Å². The van der Waals surface area contributed by atoms with Crippen LogP contribution in [0.15, 0.2) is 27.8 Å². The second-order valence-corrected chi connectivity index (χ2v) is 6.86. The topological polar surface area (TPSA) is 106 Å². The Hall–Kier alpha value is -3.07. The first-order valence-electron chi connectivity index (χ1n) is 8.70. The average Bonchev–Trinajstić information content (AvgIpc) is 3.18. The minimum absolute atomic E-state index is 0.0431. The van der Waals surface area contributed by atoms with Crippen LogP contribution >= 0.6 is 0 Å². The number of likely N-dealkylation sites (tertiary alicyclic amines) is 1. The first-order valence-corrected chi connectivity index (χ1v) is 8.70. The normalized spacial score (nSPS) is 17.7. The van der Waals surface area contributed by atoms with Gasteiger partial charge in [0, 0.05) is 39.7 Å². The third-order valence-corrected chi connectivity index (χ3v) is 5.21. The molecule has 0 spiro atoms. The van der Waals surface area contributed by atoms with Crippen molar-refractivity contribution < 1.29 is 14.6 Å². The van der Waals surface area contributed by atoms with E-state index in [0.717, 1.165) is 11.1 Å². The molecule has 4 rings (SSSR count).